The Labute approximate surface area is 203 Å². The zero-order chi connectivity index (χ0) is 23.5. The lowest BCUT2D eigenvalue weighted by Crippen LogP contribution is -2.44. The summed E-state index contributed by atoms with van der Waals surface area (Å²) in [5.74, 6) is 2.17. The third-order valence-electron chi connectivity index (χ3n) is 6.72. The summed E-state index contributed by atoms with van der Waals surface area (Å²) in [6, 6.07) is 8.89. The van der Waals surface area contributed by atoms with Crippen molar-refractivity contribution in [1.29, 1.82) is 0 Å². The third-order valence-corrected chi connectivity index (χ3v) is 7.01. The smallest absolute Gasteiger partial charge is 0.162 e. The summed E-state index contributed by atoms with van der Waals surface area (Å²) in [6.45, 7) is 5.10. The molecule has 2 atom stereocenters. The molecule has 7 nitrogen and oxygen atoms in total. The number of nitrogens with zero attached hydrogens (tertiary/aromatic N) is 3. The predicted octanol–water partition coefficient (Wildman–Crippen LogP) is 4.63. The molecule has 0 spiro atoms. The zero-order valence-corrected chi connectivity index (χ0v) is 19.9. The van der Waals surface area contributed by atoms with Crippen LogP contribution < -0.4 is 20.1 Å². The summed E-state index contributed by atoms with van der Waals surface area (Å²) >= 11 is 5.93. The van der Waals surface area contributed by atoms with E-state index in [0.29, 0.717) is 41.2 Å². The summed E-state index contributed by atoms with van der Waals surface area (Å²) < 4.78 is 25.2. The maximum Gasteiger partial charge on any atom is 0.162 e. The number of ether oxygens (including phenoxy) is 2. The molecule has 2 aliphatic heterocycles. The van der Waals surface area contributed by atoms with Crippen molar-refractivity contribution in [1.82, 2.24) is 20.2 Å². The van der Waals surface area contributed by atoms with Crippen molar-refractivity contribution in [2.45, 2.75) is 25.3 Å². The molecule has 0 amide bonds. The van der Waals surface area contributed by atoms with Crippen molar-refractivity contribution in [2.24, 2.45) is 5.92 Å². The number of fused-ring (bicyclic) bond motifs is 2. The molecule has 34 heavy (non-hydrogen) atoms. The number of benzene rings is 2. The van der Waals surface area contributed by atoms with Gasteiger partial charge in [0.05, 0.1) is 24.3 Å². The van der Waals surface area contributed by atoms with Crippen LogP contribution in [0.4, 0.5) is 15.9 Å². The first-order valence-electron chi connectivity index (χ1n) is 11.7. The molecular weight excluding hydrogens is 457 g/mol. The Morgan fingerprint density at radius 3 is 2.97 bits per heavy atom. The Hall–Kier alpha value is -2.68. The van der Waals surface area contributed by atoms with E-state index in [-0.39, 0.29) is 5.02 Å². The van der Waals surface area contributed by atoms with Crippen LogP contribution in [-0.4, -0.2) is 60.8 Å². The van der Waals surface area contributed by atoms with Gasteiger partial charge in [-0.05, 0) is 62.5 Å². The number of nitrogens with one attached hydrogen (secondary N) is 2. The minimum absolute atomic E-state index is 0.0440. The quantitative estimate of drug-likeness (QED) is 0.451. The first-order chi connectivity index (χ1) is 16.6. The van der Waals surface area contributed by atoms with Gasteiger partial charge in [0.15, 0.2) is 11.5 Å². The van der Waals surface area contributed by atoms with Crippen LogP contribution in [-0.2, 0) is 0 Å². The number of methoxy groups -OCH3 is 1. The molecule has 2 unspecified atom stereocenters. The monoisotopic (exact) mass is 485 g/mol. The van der Waals surface area contributed by atoms with Gasteiger partial charge < -0.3 is 25.0 Å². The molecule has 0 bridgehead atoms. The van der Waals surface area contributed by atoms with Crippen LogP contribution in [0.5, 0.6) is 11.5 Å². The van der Waals surface area contributed by atoms with Crippen molar-refractivity contribution in [3.8, 4) is 11.5 Å². The summed E-state index contributed by atoms with van der Waals surface area (Å²) in [5.41, 5.74) is 1.34. The van der Waals surface area contributed by atoms with Gasteiger partial charge in [-0.15, -0.1) is 0 Å². The fourth-order valence-corrected chi connectivity index (χ4v) is 5.12. The average Bonchev–Trinajstić information content (AvgIpc) is 3.32. The Morgan fingerprint density at radius 2 is 2.12 bits per heavy atom. The van der Waals surface area contributed by atoms with Crippen LogP contribution in [0.1, 0.15) is 19.3 Å². The SMILES string of the molecule is COc1cc2ncnc(Nc3ccc(F)c(Cl)c3)c2cc1OCCCN1CCC2NCCC2C1. The van der Waals surface area contributed by atoms with Gasteiger partial charge in [0.2, 0.25) is 0 Å². The van der Waals surface area contributed by atoms with Crippen molar-refractivity contribution in [2.75, 3.05) is 45.2 Å². The zero-order valence-electron chi connectivity index (χ0n) is 19.2. The summed E-state index contributed by atoms with van der Waals surface area (Å²) in [7, 11) is 1.62. The number of piperidine rings is 1. The first-order valence-corrected chi connectivity index (χ1v) is 12.1. The second-order valence-electron chi connectivity index (χ2n) is 8.90. The molecule has 0 saturated carbocycles. The second kappa shape index (κ2) is 10.3. The molecule has 2 fully saturated rings. The standard InChI is InChI=1S/C25H29ClFN5O2/c1-33-23-13-22-18(25(30-15-29-22)31-17-3-4-20(27)19(26)11-17)12-24(23)34-10-2-8-32-9-6-21-16(14-32)5-7-28-21/h3-4,11-13,15-16,21,28H,2,5-10,14H2,1H3,(H,29,30,31). The number of anilines is 2. The van der Waals surface area contributed by atoms with Gasteiger partial charge in [-0.2, -0.15) is 0 Å². The minimum atomic E-state index is -0.468. The highest BCUT2D eigenvalue weighted by Crippen LogP contribution is 2.35. The molecule has 0 radical (unpaired) electrons. The van der Waals surface area contributed by atoms with Gasteiger partial charge in [-0.3, -0.25) is 0 Å². The van der Waals surface area contributed by atoms with E-state index in [2.05, 4.69) is 25.5 Å². The first kappa shape index (κ1) is 23.1. The van der Waals surface area contributed by atoms with E-state index in [4.69, 9.17) is 21.1 Å². The van der Waals surface area contributed by atoms with Gasteiger partial charge >= 0.3 is 0 Å². The molecule has 1 aromatic heterocycles. The van der Waals surface area contributed by atoms with Crippen LogP contribution in [0.2, 0.25) is 5.02 Å². The largest absolute Gasteiger partial charge is 0.493 e. The van der Waals surface area contributed by atoms with Gasteiger partial charge in [-0.1, -0.05) is 11.6 Å². The Morgan fingerprint density at radius 1 is 1.21 bits per heavy atom. The lowest BCUT2D eigenvalue weighted by atomic mass is 9.93. The van der Waals surface area contributed by atoms with Crippen molar-refractivity contribution < 1.29 is 13.9 Å². The van der Waals surface area contributed by atoms with E-state index in [0.717, 1.165) is 37.4 Å². The van der Waals surface area contributed by atoms with Crippen molar-refractivity contribution in [3.05, 3.63) is 47.5 Å². The topological polar surface area (TPSA) is 71.5 Å². The van der Waals surface area contributed by atoms with Crippen LogP contribution in [0.25, 0.3) is 10.9 Å². The number of halogens is 2. The van der Waals surface area contributed by atoms with Crippen LogP contribution in [0.3, 0.4) is 0 Å². The molecule has 5 rings (SSSR count). The van der Waals surface area contributed by atoms with E-state index in [9.17, 15) is 4.39 Å². The highest BCUT2D eigenvalue weighted by Gasteiger charge is 2.32. The van der Waals surface area contributed by atoms with Crippen molar-refractivity contribution >= 4 is 34.0 Å². The summed E-state index contributed by atoms with van der Waals surface area (Å²) in [6.07, 6.45) is 4.93. The molecule has 2 saturated heterocycles. The van der Waals surface area contributed by atoms with Gasteiger partial charge in [0.1, 0.15) is 18.0 Å². The van der Waals surface area contributed by atoms with E-state index in [1.165, 1.54) is 37.8 Å². The second-order valence-corrected chi connectivity index (χ2v) is 9.30. The molecule has 180 valence electrons. The Bertz CT molecular complexity index is 1160. The molecule has 2 aliphatic rings. The molecule has 9 heteroatoms. The molecule has 0 aliphatic carbocycles. The Kier molecular flexibility index (Phi) is 6.99. The lowest BCUT2D eigenvalue weighted by Gasteiger charge is -2.34. The van der Waals surface area contributed by atoms with E-state index < -0.39 is 5.82 Å². The number of hydrogen-bond donors (Lipinski definition) is 2. The predicted molar refractivity (Wildman–Crippen MR) is 132 cm³/mol. The maximum absolute atomic E-state index is 13.5. The molecule has 2 N–H and O–H groups in total. The lowest BCUT2D eigenvalue weighted by molar-refractivity contribution is 0.151. The highest BCUT2D eigenvalue weighted by molar-refractivity contribution is 6.31. The van der Waals surface area contributed by atoms with E-state index in [1.807, 2.05) is 12.1 Å². The third kappa shape index (κ3) is 5.04. The fourth-order valence-electron chi connectivity index (χ4n) is 4.94. The van der Waals surface area contributed by atoms with Crippen LogP contribution in [0.15, 0.2) is 36.7 Å². The number of rotatable bonds is 8. The summed E-state index contributed by atoms with van der Waals surface area (Å²) in [5, 5.41) is 7.63. The molecule has 3 heterocycles. The molecule has 2 aromatic carbocycles. The van der Waals surface area contributed by atoms with Crippen molar-refractivity contribution in [3.63, 3.8) is 0 Å². The van der Waals surface area contributed by atoms with Gasteiger partial charge in [-0.25, -0.2) is 14.4 Å². The fraction of sp³-hybridized carbons (Fsp3) is 0.440. The summed E-state index contributed by atoms with van der Waals surface area (Å²) in [4.78, 5) is 11.3. The number of hydrogen-bond acceptors (Lipinski definition) is 7. The minimum Gasteiger partial charge on any atom is -0.493 e. The van der Waals surface area contributed by atoms with E-state index in [1.54, 1.807) is 13.2 Å². The Balaban J connectivity index is 1.26. The normalized spacial score (nSPS) is 20.3. The van der Waals surface area contributed by atoms with Gasteiger partial charge in [0, 0.05) is 36.3 Å². The van der Waals surface area contributed by atoms with E-state index >= 15 is 0 Å². The highest BCUT2D eigenvalue weighted by atomic mass is 35.5. The van der Waals surface area contributed by atoms with Crippen LogP contribution in [0, 0.1) is 11.7 Å². The van der Waals surface area contributed by atoms with Crippen LogP contribution >= 0.6 is 11.6 Å². The number of likely N-dealkylation sites (tertiary alicyclic amines) is 1. The van der Waals surface area contributed by atoms with Gasteiger partial charge in [0.25, 0.3) is 0 Å². The number of aromatic nitrogens is 2. The molecule has 3 aromatic rings. The average molecular weight is 486 g/mol. The molecular formula is C25H29ClFN5O2. The maximum atomic E-state index is 13.5.